The van der Waals surface area contributed by atoms with Crippen LogP contribution in [0.25, 0.3) is 0 Å². The van der Waals surface area contributed by atoms with Gasteiger partial charge in [0.05, 0.1) is 17.8 Å². The Bertz CT molecular complexity index is 706. The number of carbonyl (C=O) groups is 1. The van der Waals surface area contributed by atoms with Gasteiger partial charge in [-0.3, -0.25) is 9.48 Å². The number of rotatable bonds is 4. The lowest BCUT2D eigenvalue weighted by atomic mass is 10.1. The molecule has 124 valence electrons. The number of aromatic nitrogens is 3. The van der Waals surface area contributed by atoms with Gasteiger partial charge in [0, 0.05) is 25.7 Å². The minimum absolute atomic E-state index is 0.0732. The van der Waals surface area contributed by atoms with E-state index < -0.39 is 0 Å². The third kappa shape index (κ3) is 2.95. The van der Waals surface area contributed by atoms with Crippen molar-refractivity contribution >= 4 is 17.4 Å². The van der Waals surface area contributed by atoms with Crippen molar-refractivity contribution in [1.29, 1.82) is 0 Å². The highest BCUT2D eigenvalue weighted by atomic mass is 16.5. The molecule has 1 aliphatic heterocycles. The molecule has 2 aromatic heterocycles. The fraction of sp³-hybridized carbons (Fsp3) is 0.562. The van der Waals surface area contributed by atoms with E-state index in [-0.39, 0.29) is 12.3 Å². The monoisotopic (exact) mass is 317 g/mol. The summed E-state index contributed by atoms with van der Waals surface area (Å²) in [5.41, 5.74) is 3.39. The molecule has 7 heteroatoms. The molecule has 1 saturated heterocycles. The molecular formula is C16H23N5O2. The lowest BCUT2D eigenvalue weighted by Crippen LogP contribution is -2.22. The van der Waals surface area contributed by atoms with E-state index in [1.807, 2.05) is 32.5 Å². The molecule has 1 fully saturated rings. The van der Waals surface area contributed by atoms with Crippen LogP contribution in [0.4, 0.5) is 11.5 Å². The third-order valence-corrected chi connectivity index (χ3v) is 4.50. The number of nitrogens with one attached hydrogen (secondary N) is 1. The number of nitrogens with zero attached hydrogens (tertiary/aromatic N) is 4. The molecule has 3 heterocycles. The van der Waals surface area contributed by atoms with Crippen molar-refractivity contribution in [2.24, 2.45) is 7.05 Å². The first-order chi connectivity index (χ1) is 11.0. The van der Waals surface area contributed by atoms with Crippen molar-refractivity contribution in [1.82, 2.24) is 14.9 Å². The van der Waals surface area contributed by atoms with Crippen LogP contribution in [0.1, 0.15) is 35.6 Å². The molecule has 23 heavy (non-hydrogen) atoms. The summed E-state index contributed by atoms with van der Waals surface area (Å²) in [5, 5.41) is 11.5. The third-order valence-electron chi connectivity index (χ3n) is 4.50. The lowest BCUT2D eigenvalue weighted by molar-refractivity contribution is -0.115. The normalized spacial score (nSPS) is 14.5. The van der Waals surface area contributed by atoms with E-state index in [2.05, 4.69) is 20.5 Å². The van der Waals surface area contributed by atoms with E-state index in [4.69, 9.17) is 4.52 Å². The van der Waals surface area contributed by atoms with Crippen LogP contribution in [0, 0.1) is 20.8 Å². The van der Waals surface area contributed by atoms with E-state index >= 15 is 0 Å². The van der Waals surface area contributed by atoms with Gasteiger partial charge in [-0.15, -0.1) is 0 Å². The molecule has 1 amide bonds. The highest BCUT2D eigenvalue weighted by Crippen LogP contribution is 2.30. The van der Waals surface area contributed by atoms with Gasteiger partial charge < -0.3 is 14.7 Å². The van der Waals surface area contributed by atoms with E-state index in [0.29, 0.717) is 5.76 Å². The van der Waals surface area contributed by atoms with Gasteiger partial charge in [-0.25, -0.2) is 0 Å². The molecule has 0 radical (unpaired) electrons. The van der Waals surface area contributed by atoms with Crippen LogP contribution in [-0.4, -0.2) is 33.9 Å². The molecule has 7 nitrogen and oxygen atoms in total. The standard InChI is InChI=1S/C16H23N5O2/c1-10-13(12(3)23-19-10)9-14(22)17-15-11(2)20(4)18-16(15)21-7-5-6-8-21/h5-9H2,1-4H3,(H,17,22). The van der Waals surface area contributed by atoms with Gasteiger partial charge in [0.15, 0.2) is 5.82 Å². The molecule has 0 bridgehead atoms. The maximum atomic E-state index is 12.5. The zero-order chi connectivity index (χ0) is 16.6. The largest absolute Gasteiger partial charge is 0.361 e. The van der Waals surface area contributed by atoms with Gasteiger partial charge in [-0.1, -0.05) is 5.16 Å². The number of anilines is 2. The van der Waals surface area contributed by atoms with Gasteiger partial charge in [-0.05, 0) is 33.6 Å². The average Bonchev–Trinajstić information content (AvgIpc) is 3.20. The SMILES string of the molecule is Cc1noc(C)c1CC(=O)Nc1c(N2CCCC2)nn(C)c1C. The van der Waals surface area contributed by atoms with Crippen LogP contribution in [0.5, 0.6) is 0 Å². The van der Waals surface area contributed by atoms with Crippen molar-refractivity contribution in [2.45, 2.75) is 40.0 Å². The summed E-state index contributed by atoms with van der Waals surface area (Å²) in [6.07, 6.45) is 2.60. The second-order valence-corrected chi connectivity index (χ2v) is 6.13. The molecular weight excluding hydrogens is 294 g/mol. The molecule has 0 atom stereocenters. The number of hydrogen-bond acceptors (Lipinski definition) is 5. The van der Waals surface area contributed by atoms with Crippen LogP contribution in [0.2, 0.25) is 0 Å². The fourth-order valence-corrected chi connectivity index (χ4v) is 2.99. The van der Waals surface area contributed by atoms with Crippen LogP contribution >= 0.6 is 0 Å². The Morgan fingerprint density at radius 3 is 2.57 bits per heavy atom. The molecule has 2 aromatic rings. The predicted molar refractivity (Wildman–Crippen MR) is 87.7 cm³/mol. The molecule has 3 rings (SSSR count). The minimum Gasteiger partial charge on any atom is -0.361 e. The van der Waals surface area contributed by atoms with Crippen LogP contribution in [-0.2, 0) is 18.3 Å². The van der Waals surface area contributed by atoms with E-state index in [0.717, 1.165) is 41.5 Å². The smallest absolute Gasteiger partial charge is 0.229 e. The summed E-state index contributed by atoms with van der Waals surface area (Å²) in [4.78, 5) is 14.7. The van der Waals surface area contributed by atoms with Crippen molar-refractivity contribution in [3.05, 3.63) is 22.7 Å². The summed E-state index contributed by atoms with van der Waals surface area (Å²) in [5.74, 6) is 1.49. The topological polar surface area (TPSA) is 76.2 Å². The van der Waals surface area contributed by atoms with Gasteiger partial charge >= 0.3 is 0 Å². The Kier molecular flexibility index (Phi) is 4.11. The summed E-state index contributed by atoms with van der Waals surface area (Å²) < 4.78 is 6.94. The Morgan fingerprint density at radius 1 is 1.26 bits per heavy atom. The van der Waals surface area contributed by atoms with E-state index in [9.17, 15) is 4.79 Å². The van der Waals surface area contributed by atoms with Crippen molar-refractivity contribution in [3.8, 4) is 0 Å². The van der Waals surface area contributed by atoms with Crippen LogP contribution in [0.3, 0.4) is 0 Å². The Labute approximate surface area is 135 Å². The van der Waals surface area contributed by atoms with Crippen molar-refractivity contribution < 1.29 is 9.32 Å². The zero-order valence-corrected chi connectivity index (χ0v) is 14.1. The van der Waals surface area contributed by atoms with Gasteiger partial charge in [0.25, 0.3) is 0 Å². The maximum Gasteiger partial charge on any atom is 0.229 e. The zero-order valence-electron chi connectivity index (χ0n) is 14.1. The average molecular weight is 317 g/mol. The predicted octanol–water partition coefficient (Wildman–Crippen LogP) is 2.11. The highest BCUT2D eigenvalue weighted by molar-refractivity contribution is 5.96. The summed E-state index contributed by atoms with van der Waals surface area (Å²) >= 11 is 0. The van der Waals surface area contributed by atoms with Gasteiger partial charge in [0.1, 0.15) is 11.4 Å². The molecule has 0 aliphatic carbocycles. The Morgan fingerprint density at radius 2 is 1.96 bits per heavy atom. The second-order valence-electron chi connectivity index (χ2n) is 6.13. The Balaban J connectivity index is 1.80. The molecule has 0 unspecified atom stereocenters. The molecule has 0 saturated carbocycles. The molecule has 1 aliphatic rings. The minimum atomic E-state index is -0.0732. The van der Waals surface area contributed by atoms with Gasteiger partial charge in [0.2, 0.25) is 5.91 Å². The summed E-state index contributed by atoms with van der Waals surface area (Å²) in [6.45, 7) is 7.63. The molecule has 1 N–H and O–H groups in total. The fourth-order valence-electron chi connectivity index (χ4n) is 2.99. The van der Waals surface area contributed by atoms with Crippen molar-refractivity contribution in [3.63, 3.8) is 0 Å². The number of amides is 1. The summed E-state index contributed by atoms with van der Waals surface area (Å²) in [7, 11) is 1.90. The molecule has 0 spiro atoms. The highest BCUT2D eigenvalue weighted by Gasteiger charge is 2.23. The number of carbonyl (C=O) groups excluding carboxylic acids is 1. The van der Waals surface area contributed by atoms with Gasteiger partial charge in [-0.2, -0.15) is 5.10 Å². The first-order valence-corrected chi connectivity index (χ1v) is 7.97. The lowest BCUT2D eigenvalue weighted by Gasteiger charge is -2.16. The first kappa shape index (κ1) is 15.6. The summed E-state index contributed by atoms with van der Waals surface area (Å²) in [6, 6.07) is 0. The Hall–Kier alpha value is -2.31. The number of aryl methyl sites for hydroxylation is 3. The van der Waals surface area contributed by atoms with Crippen LogP contribution < -0.4 is 10.2 Å². The van der Waals surface area contributed by atoms with E-state index in [1.54, 1.807) is 0 Å². The second kappa shape index (κ2) is 6.06. The van der Waals surface area contributed by atoms with Crippen LogP contribution in [0.15, 0.2) is 4.52 Å². The quantitative estimate of drug-likeness (QED) is 0.934. The number of hydrogen-bond donors (Lipinski definition) is 1. The maximum absolute atomic E-state index is 12.5. The molecule has 0 aromatic carbocycles. The van der Waals surface area contributed by atoms with E-state index in [1.165, 1.54) is 12.8 Å². The first-order valence-electron chi connectivity index (χ1n) is 7.97. The van der Waals surface area contributed by atoms with Crippen molar-refractivity contribution in [2.75, 3.05) is 23.3 Å².